The van der Waals surface area contributed by atoms with Gasteiger partial charge in [0.25, 0.3) is 0 Å². The van der Waals surface area contributed by atoms with Crippen LogP contribution in [0.5, 0.6) is 0 Å². The molecule has 0 bridgehead atoms. The van der Waals surface area contributed by atoms with Crippen molar-refractivity contribution >= 4 is 34.6 Å². The van der Waals surface area contributed by atoms with Gasteiger partial charge in [-0.25, -0.2) is 4.39 Å². The Balaban J connectivity index is 2.19. The van der Waals surface area contributed by atoms with Crippen molar-refractivity contribution < 1.29 is 4.39 Å². The molecule has 0 radical (unpaired) electrons. The smallest absolute Gasteiger partial charge is 0.178 e. The number of imidazole rings is 1. The Morgan fingerprint density at radius 2 is 2.28 bits per heavy atom. The molecule has 0 amide bonds. The van der Waals surface area contributed by atoms with Crippen molar-refractivity contribution in [1.29, 1.82) is 0 Å². The quantitative estimate of drug-likeness (QED) is 0.695. The number of nitrogens with one attached hydrogen (secondary N) is 1. The van der Waals surface area contributed by atoms with Crippen molar-refractivity contribution in [2.45, 2.75) is 13.5 Å². The molecule has 3 rings (SSSR count). The maximum atomic E-state index is 13.5. The number of fused-ring (bicyclic) bond motifs is 1. The lowest BCUT2D eigenvalue weighted by atomic mass is 10.2. The van der Waals surface area contributed by atoms with Gasteiger partial charge in [-0.2, -0.15) is 11.3 Å². The van der Waals surface area contributed by atoms with Crippen LogP contribution in [0.15, 0.2) is 29.0 Å². The zero-order valence-corrected chi connectivity index (χ0v) is 11.4. The second-order valence-electron chi connectivity index (χ2n) is 4.27. The van der Waals surface area contributed by atoms with E-state index >= 15 is 0 Å². The zero-order valence-electron chi connectivity index (χ0n) is 9.74. The summed E-state index contributed by atoms with van der Waals surface area (Å²) < 4.78 is 16.1. The van der Waals surface area contributed by atoms with Crippen molar-refractivity contribution in [3.63, 3.8) is 0 Å². The molecule has 3 aromatic rings. The van der Waals surface area contributed by atoms with Gasteiger partial charge < -0.3 is 9.55 Å². The predicted molar refractivity (Wildman–Crippen MR) is 75.2 cm³/mol. The topological polar surface area (TPSA) is 20.7 Å². The number of aryl methyl sites for hydroxylation is 1. The minimum atomic E-state index is -0.207. The summed E-state index contributed by atoms with van der Waals surface area (Å²) in [5.41, 5.74) is 3.54. The molecule has 1 aromatic carbocycles. The number of benzene rings is 1. The lowest BCUT2D eigenvalue weighted by molar-refractivity contribution is 0.620. The van der Waals surface area contributed by atoms with E-state index in [0.717, 1.165) is 11.0 Å². The van der Waals surface area contributed by atoms with Gasteiger partial charge in [0.1, 0.15) is 5.82 Å². The minimum absolute atomic E-state index is 0.207. The number of nitrogens with zero attached hydrogens (tertiary/aromatic N) is 1. The Kier molecular flexibility index (Phi) is 2.80. The van der Waals surface area contributed by atoms with Gasteiger partial charge in [0.05, 0.1) is 17.6 Å². The van der Waals surface area contributed by atoms with Crippen LogP contribution in [0.4, 0.5) is 4.39 Å². The molecule has 0 saturated heterocycles. The number of thiophene rings is 1. The van der Waals surface area contributed by atoms with Gasteiger partial charge >= 0.3 is 0 Å². The lowest BCUT2D eigenvalue weighted by Gasteiger charge is -2.03. The van der Waals surface area contributed by atoms with E-state index in [2.05, 4.69) is 16.4 Å². The third kappa shape index (κ3) is 1.89. The van der Waals surface area contributed by atoms with Crippen molar-refractivity contribution in [3.8, 4) is 0 Å². The number of hydrogen-bond acceptors (Lipinski definition) is 2. The SMILES string of the molecule is Cc1cc2c(cc1F)[nH]c(=S)n2Cc1ccsc1. The van der Waals surface area contributed by atoms with Crippen molar-refractivity contribution in [3.05, 3.63) is 50.7 Å². The summed E-state index contributed by atoms with van der Waals surface area (Å²) in [6, 6.07) is 5.41. The first-order valence-corrected chi connectivity index (χ1v) is 6.90. The van der Waals surface area contributed by atoms with Gasteiger partial charge in [0.2, 0.25) is 0 Å². The Morgan fingerprint density at radius 1 is 1.44 bits per heavy atom. The van der Waals surface area contributed by atoms with Crippen molar-refractivity contribution in [2.75, 3.05) is 0 Å². The van der Waals surface area contributed by atoms with Crippen LogP contribution in [0.3, 0.4) is 0 Å². The second-order valence-corrected chi connectivity index (χ2v) is 5.43. The van der Waals surface area contributed by atoms with Crippen LogP contribution < -0.4 is 0 Å². The molecule has 0 spiro atoms. The standard InChI is InChI=1S/C13H11FN2S2/c1-8-4-12-11(5-10(8)14)15-13(17)16(12)6-9-2-3-18-7-9/h2-5,7H,6H2,1H3,(H,15,17). The van der Waals surface area contributed by atoms with Crippen LogP contribution in [0.2, 0.25) is 0 Å². The summed E-state index contributed by atoms with van der Waals surface area (Å²) in [4.78, 5) is 3.05. The molecule has 0 aliphatic rings. The molecule has 92 valence electrons. The molecule has 0 saturated carbocycles. The van der Waals surface area contributed by atoms with Gasteiger partial charge in [-0.1, -0.05) is 0 Å². The molecule has 0 unspecified atom stereocenters. The third-order valence-electron chi connectivity index (χ3n) is 2.98. The molecule has 0 atom stereocenters. The second kappa shape index (κ2) is 4.33. The molecule has 1 N–H and O–H groups in total. The normalized spacial score (nSPS) is 11.2. The number of aromatic nitrogens is 2. The maximum Gasteiger partial charge on any atom is 0.178 e. The van der Waals surface area contributed by atoms with Crippen LogP contribution in [0.25, 0.3) is 11.0 Å². The molecule has 0 aliphatic carbocycles. The van der Waals surface area contributed by atoms with Crippen LogP contribution in [-0.2, 0) is 6.54 Å². The number of rotatable bonds is 2. The molecule has 0 aliphatic heterocycles. The van der Waals surface area contributed by atoms with Gasteiger partial charge in [0, 0.05) is 0 Å². The Bertz CT molecular complexity index is 753. The highest BCUT2D eigenvalue weighted by molar-refractivity contribution is 7.71. The van der Waals surface area contributed by atoms with Crippen molar-refractivity contribution in [2.24, 2.45) is 0 Å². The highest BCUT2D eigenvalue weighted by Crippen LogP contribution is 2.20. The molecular formula is C13H11FN2S2. The first-order valence-electron chi connectivity index (χ1n) is 5.55. The van der Waals surface area contributed by atoms with Crippen LogP contribution in [0, 0.1) is 17.5 Å². The molecule has 5 heteroatoms. The largest absolute Gasteiger partial charge is 0.330 e. The predicted octanol–water partition coefficient (Wildman–Crippen LogP) is 4.26. The highest BCUT2D eigenvalue weighted by Gasteiger charge is 2.08. The maximum absolute atomic E-state index is 13.5. The lowest BCUT2D eigenvalue weighted by Crippen LogP contribution is -1.98. The summed E-state index contributed by atoms with van der Waals surface area (Å²) in [5.74, 6) is -0.207. The Labute approximate surface area is 113 Å². The highest BCUT2D eigenvalue weighted by atomic mass is 32.1. The summed E-state index contributed by atoms with van der Waals surface area (Å²) in [5, 5.41) is 4.13. The molecule has 2 heterocycles. The summed E-state index contributed by atoms with van der Waals surface area (Å²) in [6.07, 6.45) is 0. The fourth-order valence-electron chi connectivity index (χ4n) is 2.00. The Morgan fingerprint density at radius 3 is 3.00 bits per heavy atom. The van der Waals surface area contributed by atoms with E-state index < -0.39 is 0 Å². The minimum Gasteiger partial charge on any atom is -0.330 e. The molecule has 0 fully saturated rings. The summed E-state index contributed by atoms with van der Waals surface area (Å²) >= 11 is 6.96. The van der Waals surface area contributed by atoms with Gasteiger partial charge in [-0.05, 0) is 59.2 Å². The van der Waals surface area contributed by atoms with E-state index in [1.165, 1.54) is 11.6 Å². The van der Waals surface area contributed by atoms with Crippen LogP contribution in [0.1, 0.15) is 11.1 Å². The van der Waals surface area contributed by atoms with Gasteiger partial charge in [0.15, 0.2) is 4.77 Å². The first kappa shape index (κ1) is 11.6. The van der Waals surface area contributed by atoms with E-state index in [4.69, 9.17) is 12.2 Å². The summed E-state index contributed by atoms with van der Waals surface area (Å²) in [6.45, 7) is 2.48. The first-order chi connectivity index (χ1) is 8.65. The molecule has 18 heavy (non-hydrogen) atoms. The summed E-state index contributed by atoms with van der Waals surface area (Å²) in [7, 11) is 0. The average molecular weight is 278 g/mol. The molecule has 2 nitrogen and oxygen atoms in total. The van der Waals surface area contributed by atoms with Gasteiger partial charge in [-0.15, -0.1) is 0 Å². The molecular weight excluding hydrogens is 267 g/mol. The molecule has 2 aromatic heterocycles. The van der Waals surface area contributed by atoms with Gasteiger partial charge in [-0.3, -0.25) is 0 Å². The number of H-pyrrole nitrogens is 1. The monoisotopic (exact) mass is 278 g/mol. The number of halogens is 1. The number of hydrogen-bond donors (Lipinski definition) is 1. The van der Waals surface area contributed by atoms with Crippen LogP contribution >= 0.6 is 23.6 Å². The zero-order chi connectivity index (χ0) is 12.7. The Hall–Kier alpha value is -1.46. The fourth-order valence-corrected chi connectivity index (χ4v) is 2.94. The van der Waals surface area contributed by atoms with E-state index in [-0.39, 0.29) is 5.82 Å². The van der Waals surface area contributed by atoms with Crippen LogP contribution in [-0.4, -0.2) is 9.55 Å². The number of aromatic amines is 1. The van der Waals surface area contributed by atoms with E-state index in [9.17, 15) is 4.39 Å². The van der Waals surface area contributed by atoms with E-state index in [1.807, 2.05) is 16.0 Å². The van der Waals surface area contributed by atoms with Crippen molar-refractivity contribution in [1.82, 2.24) is 9.55 Å². The fraction of sp³-hybridized carbons (Fsp3) is 0.154. The average Bonchev–Trinajstić information content (AvgIpc) is 2.92. The van der Waals surface area contributed by atoms with E-state index in [0.29, 0.717) is 16.9 Å². The third-order valence-corrected chi connectivity index (χ3v) is 4.03. The van der Waals surface area contributed by atoms with E-state index in [1.54, 1.807) is 18.3 Å².